The van der Waals surface area contributed by atoms with Gasteiger partial charge in [0.2, 0.25) is 5.91 Å². The van der Waals surface area contributed by atoms with Crippen molar-refractivity contribution in [3.05, 3.63) is 95.0 Å². The zero-order valence-corrected chi connectivity index (χ0v) is 18.4. The molecule has 6 heteroatoms. The highest BCUT2D eigenvalue weighted by molar-refractivity contribution is 6.30. The van der Waals surface area contributed by atoms with Gasteiger partial charge in [0.1, 0.15) is 6.04 Å². The van der Waals surface area contributed by atoms with Crippen LogP contribution in [0.15, 0.2) is 78.9 Å². The minimum absolute atomic E-state index is 0.0104. The second-order valence-corrected chi connectivity index (χ2v) is 8.62. The normalized spacial score (nSPS) is 17.9. The van der Waals surface area contributed by atoms with Crippen molar-refractivity contribution in [3.8, 4) is 0 Å². The summed E-state index contributed by atoms with van der Waals surface area (Å²) in [6, 6.07) is 24.3. The molecule has 5 rings (SSSR count). The van der Waals surface area contributed by atoms with E-state index < -0.39 is 6.04 Å². The van der Waals surface area contributed by atoms with Crippen LogP contribution in [0.5, 0.6) is 0 Å². The maximum atomic E-state index is 13.6. The summed E-state index contributed by atoms with van der Waals surface area (Å²) in [6.45, 7) is 2.70. The van der Waals surface area contributed by atoms with Crippen molar-refractivity contribution in [1.29, 1.82) is 0 Å². The number of halogens is 1. The summed E-state index contributed by atoms with van der Waals surface area (Å²) in [5, 5.41) is 0.708. The van der Waals surface area contributed by atoms with Crippen LogP contribution in [-0.4, -0.2) is 48.9 Å². The minimum Gasteiger partial charge on any atom is -0.368 e. The molecule has 0 aromatic heterocycles. The van der Waals surface area contributed by atoms with Crippen LogP contribution in [0.1, 0.15) is 15.9 Å². The molecule has 0 N–H and O–H groups in total. The number of amides is 2. The lowest BCUT2D eigenvalue weighted by atomic mass is 10.1. The van der Waals surface area contributed by atoms with E-state index in [1.807, 2.05) is 71.6 Å². The molecule has 0 aliphatic carbocycles. The van der Waals surface area contributed by atoms with Gasteiger partial charge in [-0.15, -0.1) is 0 Å². The molecule has 2 aliphatic heterocycles. The van der Waals surface area contributed by atoms with Gasteiger partial charge in [0.25, 0.3) is 5.91 Å². The van der Waals surface area contributed by atoms with E-state index in [9.17, 15) is 9.59 Å². The van der Waals surface area contributed by atoms with Gasteiger partial charge in [-0.3, -0.25) is 14.5 Å². The zero-order valence-electron chi connectivity index (χ0n) is 17.7. The van der Waals surface area contributed by atoms with E-state index >= 15 is 0 Å². The zero-order chi connectivity index (χ0) is 22.1. The van der Waals surface area contributed by atoms with Crippen LogP contribution in [0.25, 0.3) is 0 Å². The molecule has 1 atom stereocenters. The van der Waals surface area contributed by atoms with Crippen molar-refractivity contribution in [2.45, 2.75) is 12.5 Å². The summed E-state index contributed by atoms with van der Waals surface area (Å²) in [7, 11) is 0. The van der Waals surface area contributed by atoms with Crippen LogP contribution < -0.4 is 9.80 Å². The van der Waals surface area contributed by atoms with Gasteiger partial charge >= 0.3 is 0 Å². The molecule has 0 saturated carbocycles. The molecule has 0 spiro atoms. The summed E-state index contributed by atoms with van der Waals surface area (Å²) in [4.78, 5) is 32.8. The van der Waals surface area contributed by atoms with E-state index in [1.54, 1.807) is 17.0 Å². The highest BCUT2D eigenvalue weighted by Gasteiger charge is 2.41. The molecular weight excluding hydrogens is 422 g/mol. The number of benzene rings is 3. The van der Waals surface area contributed by atoms with E-state index in [4.69, 9.17) is 11.6 Å². The Morgan fingerprint density at radius 1 is 0.812 bits per heavy atom. The maximum Gasteiger partial charge on any atom is 0.259 e. The van der Waals surface area contributed by atoms with Crippen molar-refractivity contribution >= 4 is 34.8 Å². The molecule has 1 fully saturated rings. The Morgan fingerprint density at radius 3 is 2.28 bits per heavy atom. The maximum absolute atomic E-state index is 13.6. The lowest BCUT2D eigenvalue weighted by Crippen LogP contribution is -2.55. The summed E-state index contributed by atoms with van der Waals surface area (Å²) >= 11 is 6.14. The molecule has 1 unspecified atom stereocenters. The first-order valence-corrected chi connectivity index (χ1v) is 11.3. The number of hydrogen-bond donors (Lipinski definition) is 0. The summed E-state index contributed by atoms with van der Waals surface area (Å²) in [5.74, 6) is -0.123. The highest BCUT2D eigenvalue weighted by Crippen LogP contribution is 2.34. The molecule has 1 saturated heterocycles. The molecule has 0 radical (unpaired) electrons. The first-order valence-electron chi connectivity index (χ1n) is 10.9. The average molecular weight is 446 g/mol. The lowest BCUT2D eigenvalue weighted by Gasteiger charge is -2.38. The molecule has 5 nitrogen and oxygen atoms in total. The van der Waals surface area contributed by atoms with E-state index in [0.29, 0.717) is 30.1 Å². The monoisotopic (exact) mass is 445 g/mol. The van der Waals surface area contributed by atoms with Crippen molar-refractivity contribution in [2.75, 3.05) is 36.0 Å². The summed E-state index contributed by atoms with van der Waals surface area (Å²) < 4.78 is 0. The van der Waals surface area contributed by atoms with Crippen LogP contribution in [0, 0.1) is 0 Å². The third kappa shape index (κ3) is 3.84. The van der Waals surface area contributed by atoms with Gasteiger partial charge < -0.3 is 9.80 Å². The second-order valence-electron chi connectivity index (χ2n) is 8.18. The summed E-state index contributed by atoms with van der Waals surface area (Å²) in [6.07, 6.45) is 0.544. The van der Waals surface area contributed by atoms with Gasteiger partial charge in [-0.05, 0) is 42.0 Å². The number of carbonyl (C=O) groups is 2. The van der Waals surface area contributed by atoms with Crippen LogP contribution in [0.4, 0.5) is 11.4 Å². The van der Waals surface area contributed by atoms with E-state index in [-0.39, 0.29) is 11.8 Å². The molecule has 2 amide bonds. The molecule has 2 aliphatic rings. The molecule has 0 bridgehead atoms. The SMILES string of the molecule is O=C(C1Cc2ccccc2N1C(=O)c1ccccc1)N1CCN(c2cccc(Cl)c2)CC1. The third-order valence-corrected chi connectivity index (χ3v) is 6.50. The topological polar surface area (TPSA) is 43.9 Å². The standard InChI is InChI=1S/C26H24ClN3O2/c27-21-10-6-11-22(18-21)28-13-15-29(16-14-28)26(32)24-17-20-9-4-5-12-23(20)30(24)25(31)19-7-2-1-3-8-19/h1-12,18,24H,13-17H2. The molecule has 162 valence electrons. The van der Waals surface area contributed by atoms with Crippen molar-refractivity contribution in [2.24, 2.45) is 0 Å². The van der Waals surface area contributed by atoms with E-state index in [1.165, 1.54) is 0 Å². The number of anilines is 2. The number of carbonyl (C=O) groups excluding carboxylic acids is 2. The first-order chi connectivity index (χ1) is 15.6. The Bertz CT molecular complexity index is 1140. The Morgan fingerprint density at radius 2 is 1.53 bits per heavy atom. The number of rotatable bonds is 3. The van der Waals surface area contributed by atoms with Crippen LogP contribution in [0.2, 0.25) is 5.02 Å². The smallest absolute Gasteiger partial charge is 0.259 e. The second kappa shape index (κ2) is 8.67. The third-order valence-electron chi connectivity index (χ3n) is 6.27. The van der Waals surface area contributed by atoms with Gasteiger partial charge in [0.05, 0.1) is 0 Å². The van der Waals surface area contributed by atoms with Gasteiger partial charge in [-0.1, -0.05) is 54.1 Å². The average Bonchev–Trinajstić information content (AvgIpc) is 3.23. The summed E-state index contributed by atoms with van der Waals surface area (Å²) in [5.41, 5.74) is 3.52. The number of hydrogen-bond acceptors (Lipinski definition) is 3. The first kappa shape index (κ1) is 20.6. The number of piperazine rings is 1. The Hall–Kier alpha value is -3.31. The van der Waals surface area contributed by atoms with Gasteiger partial charge in [-0.2, -0.15) is 0 Å². The van der Waals surface area contributed by atoms with Gasteiger partial charge in [0, 0.05) is 54.6 Å². The fourth-order valence-electron chi connectivity index (χ4n) is 4.62. The van der Waals surface area contributed by atoms with Gasteiger partial charge in [-0.25, -0.2) is 0 Å². The molecular formula is C26H24ClN3O2. The van der Waals surface area contributed by atoms with Crippen molar-refractivity contribution in [1.82, 2.24) is 4.90 Å². The Balaban J connectivity index is 1.35. The van der Waals surface area contributed by atoms with Crippen molar-refractivity contribution < 1.29 is 9.59 Å². The fraction of sp³-hybridized carbons (Fsp3) is 0.231. The molecule has 3 aromatic rings. The van der Waals surface area contributed by atoms with E-state index in [0.717, 1.165) is 30.0 Å². The van der Waals surface area contributed by atoms with Gasteiger partial charge in [0.15, 0.2) is 0 Å². The molecule has 2 heterocycles. The Kier molecular flexibility index (Phi) is 5.58. The predicted octanol–water partition coefficient (Wildman–Crippen LogP) is 4.26. The Labute approximate surface area is 192 Å². The number of fused-ring (bicyclic) bond motifs is 1. The number of nitrogens with zero attached hydrogens (tertiary/aromatic N) is 3. The fourth-order valence-corrected chi connectivity index (χ4v) is 4.81. The minimum atomic E-state index is -0.516. The lowest BCUT2D eigenvalue weighted by molar-refractivity contribution is -0.132. The van der Waals surface area contributed by atoms with Crippen LogP contribution in [0.3, 0.4) is 0 Å². The quantitative estimate of drug-likeness (QED) is 0.605. The molecule has 3 aromatic carbocycles. The highest BCUT2D eigenvalue weighted by atomic mass is 35.5. The number of para-hydroxylation sites is 1. The van der Waals surface area contributed by atoms with Crippen molar-refractivity contribution in [3.63, 3.8) is 0 Å². The van der Waals surface area contributed by atoms with Crippen LogP contribution in [-0.2, 0) is 11.2 Å². The largest absolute Gasteiger partial charge is 0.368 e. The van der Waals surface area contributed by atoms with E-state index in [2.05, 4.69) is 4.90 Å². The van der Waals surface area contributed by atoms with Crippen LogP contribution >= 0.6 is 11.6 Å². The predicted molar refractivity (Wildman–Crippen MR) is 127 cm³/mol. The molecule has 32 heavy (non-hydrogen) atoms.